The van der Waals surface area contributed by atoms with E-state index in [0.717, 1.165) is 52.0 Å². The molecule has 2 saturated heterocycles. The monoisotopic (exact) mass is 297 g/mol. The van der Waals surface area contributed by atoms with Gasteiger partial charge in [-0.3, -0.25) is 4.79 Å². The van der Waals surface area contributed by atoms with Gasteiger partial charge in [0.25, 0.3) is 0 Å². The molecule has 0 bridgehead atoms. The van der Waals surface area contributed by atoms with Crippen LogP contribution in [0.25, 0.3) is 0 Å². The van der Waals surface area contributed by atoms with Crippen molar-refractivity contribution in [2.75, 3.05) is 52.9 Å². The van der Waals surface area contributed by atoms with E-state index in [1.807, 2.05) is 11.9 Å². The van der Waals surface area contributed by atoms with Crippen LogP contribution in [-0.4, -0.2) is 74.7 Å². The number of piperidine rings is 1. The van der Waals surface area contributed by atoms with Gasteiger partial charge in [-0.05, 0) is 58.8 Å². The normalized spacial score (nSPS) is 21.1. The van der Waals surface area contributed by atoms with Crippen LogP contribution in [0.5, 0.6) is 0 Å². The van der Waals surface area contributed by atoms with Crippen LogP contribution in [0.4, 0.5) is 0 Å². The molecule has 2 rings (SSSR count). The summed E-state index contributed by atoms with van der Waals surface area (Å²) in [6.45, 7) is 7.05. The molecule has 0 spiro atoms. The fourth-order valence-electron chi connectivity index (χ4n) is 3.20. The van der Waals surface area contributed by atoms with Gasteiger partial charge in [0, 0.05) is 26.1 Å². The highest BCUT2D eigenvalue weighted by Crippen LogP contribution is 2.15. The Morgan fingerprint density at radius 3 is 2.57 bits per heavy atom. The van der Waals surface area contributed by atoms with Gasteiger partial charge in [0.15, 0.2) is 0 Å². The molecular weight excluding hydrogens is 266 g/mol. The number of nitrogens with one attached hydrogen (secondary N) is 1. The highest BCUT2D eigenvalue weighted by atomic mass is 16.5. The largest absolute Gasteiger partial charge is 0.377 e. The summed E-state index contributed by atoms with van der Waals surface area (Å²) in [6, 6.07) is 0. The lowest BCUT2D eigenvalue weighted by Gasteiger charge is -2.32. The van der Waals surface area contributed by atoms with Crippen LogP contribution in [0.3, 0.4) is 0 Å². The highest BCUT2D eigenvalue weighted by molar-refractivity contribution is 5.76. The maximum Gasteiger partial charge on any atom is 0.222 e. The van der Waals surface area contributed by atoms with Gasteiger partial charge in [-0.15, -0.1) is 0 Å². The van der Waals surface area contributed by atoms with E-state index in [9.17, 15) is 4.79 Å². The lowest BCUT2D eigenvalue weighted by Crippen LogP contribution is -2.41. The Morgan fingerprint density at radius 1 is 1.19 bits per heavy atom. The third kappa shape index (κ3) is 5.93. The molecule has 1 N–H and O–H groups in total. The number of ether oxygens (including phenoxy) is 1. The molecule has 0 atom stereocenters. The van der Waals surface area contributed by atoms with Crippen LogP contribution in [0.15, 0.2) is 0 Å². The zero-order valence-corrected chi connectivity index (χ0v) is 13.5. The van der Waals surface area contributed by atoms with E-state index in [0.29, 0.717) is 18.4 Å². The number of nitrogens with zero attached hydrogens (tertiary/aromatic N) is 2. The van der Waals surface area contributed by atoms with E-state index < -0.39 is 0 Å². The predicted molar refractivity (Wildman–Crippen MR) is 84.4 cm³/mol. The molecule has 0 unspecified atom stereocenters. The smallest absolute Gasteiger partial charge is 0.222 e. The SMILES string of the molecule is CNCCCC(=O)N1CCC(OCCN2CCCC2)CC1. The summed E-state index contributed by atoms with van der Waals surface area (Å²) in [4.78, 5) is 16.5. The van der Waals surface area contributed by atoms with E-state index in [-0.39, 0.29) is 0 Å². The summed E-state index contributed by atoms with van der Waals surface area (Å²) >= 11 is 0. The molecule has 5 nitrogen and oxygen atoms in total. The number of carbonyl (C=O) groups excluding carboxylic acids is 1. The molecule has 2 heterocycles. The Hall–Kier alpha value is -0.650. The third-order valence-corrected chi connectivity index (χ3v) is 4.57. The summed E-state index contributed by atoms with van der Waals surface area (Å²) in [5.74, 6) is 0.306. The van der Waals surface area contributed by atoms with Gasteiger partial charge < -0.3 is 19.9 Å². The van der Waals surface area contributed by atoms with Crippen LogP contribution < -0.4 is 5.32 Å². The van der Waals surface area contributed by atoms with Crippen LogP contribution in [-0.2, 0) is 9.53 Å². The molecule has 122 valence electrons. The first kappa shape index (κ1) is 16.7. The van der Waals surface area contributed by atoms with Crippen molar-refractivity contribution in [3.05, 3.63) is 0 Å². The second-order valence-corrected chi connectivity index (χ2v) is 6.21. The Balaban J connectivity index is 1.54. The summed E-state index contributed by atoms with van der Waals surface area (Å²) in [5, 5.41) is 3.08. The predicted octanol–water partition coefficient (Wildman–Crippen LogP) is 1.09. The van der Waals surface area contributed by atoms with E-state index in [2.05, 4.69) is 10.2 Å². The number of hydrogen-bond acceptors (Lipinski definition) is 4. The zero-order chi connectivity index (χ0) is 14.9. The van der Waals surface area contributed by atoms with E-state index in [1.165, 1.54) is 25.9 Å². The van der Waals surface area contributed by atoms with Gasteiger partial charge in [0.05, 0.1) is 12.7 Å². The minimum absolute atomic E-state index is 0.306. The van der Waals surface area contributed by atoms with Crippen LogP contribution in [0.1, 0.15) is 38.5 Å². The molecule has 0 radical (unpaired) electrons. The number of hydrogen-bond donors (Lipinski definition) is 1. The fourth-order valence-corrected chi connectivity index (χ4v) is 3.20. The van der Waals surface area contributed by atoms with E-state index in [4.69, 9.17) is 4.74 Å². The molecule has 2 fully saturated rings. The fraction of sp³-hybridized carbons (Fsp3) is 0.938. The van der Waals surface area contributed by atoms with Gasteiger partial charge in [-0.1, -0.05) is 0 Å². The highest BCUT2D eigenvalue weighted by Gasteiger charge is 2.23. The van der Waals surface area contributed by atoms with Gasteiger partial charge in [0.2, 0.25) is 5.91 Å². The van der Waals surface area contributed by atoms with Crippen LogP contribution in [0, 0.1) is 0 Å². The third-order valence-electron chi connectivity index (χ3n) is 4.57. The van der Waals surface area contributed by atoms with Gasteiger partial charge >= 0.3 is 0 Å². The molecule has 5 heteroatoms. The second kappa shape index (κ2) is 9.38. The molecule has 1 amide bonds. The Labute approximate surface area is 129 Å². The number of amides is 1. The zero-order valence-electron chi connectivity index (χ0n) is 13.5. The summed E-state index contributed by atoms with van der Waals surface area (Å²) in [7, 11) is 1.93. The first-order valence-corrected chi connectivity index (χ1v) is 8.56. The summed E-state index contributed by atoms with van der Waals surface area (Å²) in [5.41, 5.74) is 0. The second-order valence-electron chi connectivity index (χ2n) is 6.21. The first-order valence-electron chi connectivity index (χ1n) is 8.56. The van der Waals surface area contributed by atoms with Crippen molar-refractivity contribution < 1.29 is 9.53 Å². The van der Waals surface area contributed by atoms with Crippen molar-refractivity contribution in [1.82, 2.24) is 15.1 Å². The molecule has 0 aromatic carbocycles. The first-order chi connectivity index (χ1) is 10.3. The standard InChI is InChI=1S/C16H31N3O2/c1-17-8-4-5-16(20)19-11-6-15(7-12-19)21-14-13-18-9-2-3-10-18/h15,17H,2-14H2,1H3. The van der Waals surface area contributed by atoms with Crippen molar-refractivity contribution in [2.24, 2.45) is 0 Å². The minimum Gasteiger partial charge on any atom is -0.377 e. The quantitative estimate of drug-likeness (QED) is 0.681. The summed E-state index contributed by atoms with van der Waals surface area (Å²) < 4.78 is 5.98. The van der Waals surface area contributed by atoms with Crippen molar-refractivity contribution in [2.45, 2.75) is 44.6 Å². The lowest BCUT2D eigenvalue weighted by molar-refractivity contribution is -0.133. The maximum absolute atomic E-state index is 12.0. The van der Waals surface area contributed by atoms with Crippen molar-refractivity contribution >= 4 is 5.91 Å². The van der Waals surface area contributed by atoms with Gasteiger partial charge in [0.1, 0.15) is 0 Å². The maximum atomic E-state index is 12.0. The number of carbonyl (C=O) groups is 1. The molecule has 0 aromatic rings. The average Bonchev–Trinajstić information content (AvgIpc) is 3.01. The van der Waals surface area contributed by atoms with Crippen molar-refractivity contribution in [1.29, 1.82) is 0 Å². The van der Waals surface area contributed by atoms with Gasteiger partial charge in [-0.2, -0.15) is 0 Å². The van der Waals surface area contributed by atoms with Crippen molar-refractivity contribution in [3.8, 4) is 0 Å². The minimum atomic E-state index is 0.306. The topological polar surface area (TPSA) is 44.8 Å². The van der Waals surface area contributed by atoms with E-state index in [1.54, 1.807) is 0 Å². The molecular formula is C16H31N3O2. The van der Waals surface area contributed by atoms with Crippen molar-refractivity contribution in [3.63, 3.8) is 0 Å². The summed E-state index contributed by atoms with van der Waals surface area (Å²) in [6.07, 6.45) is 6.63. The number of rotatable bonds is 8. The average molecular weight is 297 g/mol. The molecule has 0 saturated carbocycles. The Bertz CT molecular complexity index is 298. The van der Waals surface area contributed by atoms with E-state index >= 15 is 0 Å². The van der Waals surface area contributed by atoms with Gasteiger partial charge in [-0.25, -0.2) is 0 Å². The lowest BCUT2D eigenvalue weighted by atomic mass is 10.1. The van der Waals surface area contributed by atoms with Crippen LogP contribution >= 0.6 is 0 Å². The molecule has 0 aromatic heterocycles. The Kier molecular flexibility index (Phi) is 7.47. The molecule has 2 aliphatic heterocycles. The Morgan fingerprint density at radius 2 is 1.90 bits per heavy atom. The van der Waals surface area contributed by atoms with Crippen LogP contribution in [0.2, 0.25) is 0 Å². The number of likely N-dealkylation sites (tertiary alicyclic amines) is 2. The molecule has 21 heavy (non-hydrogen) atoms. The molecule has 0 aliphatic carbocycles. The molecule has 2 aliphatic rings.